The van der Waals surface area contributed by atoms with E-state index in [9.17, 15) is 9.59 Å². The van der Waals surface area contributed by atoms with Gasteiger partial charge in [0.1, 0.15) is 0 Å². The molecule has 0 saturated heterocycles. The molecule has 17 heavy (non-hydrogen) atoms. The van der Waals surface area contributed by atoms with Gasteiger partial charge in [-0.1, -0.05) is 30.3 Å². The fourth-order valence-corrected chi connectivity index (χ4v) is 1.90. The molecule has 0 aliphatic heterocycles. The van der Waals surface area contributed by atoms with Crippen molar-refractivity contribution in [2.75, 3.05) is 0 Å². The van der Waals surface area contributed by atoms with E-state index < -0.39 is 11.9 Å². The minimum atomic E-state index is -0.877. The first-order valence-electron chi connectivity index (χ1n) is 5.67. The summed E-state index contributed by atoms with van der Waals surface area (Å²) < 4.78 is 0. The number of carboxylic acid groups (broad SMARTS) is 1. The lowest BCUT2D eigenvalue weighted by Crippen LogP contribution is -2.29. The van der Waals surface area contributed by atoms with Gasteiger partial charge in [-0.05, 0) is 18.9 Å². The maximum atomic E-state index is 11.7. The molecule has 1 aliphatic rings. The van der Waals surface area contributed by atoms with Crippen molar-refractivity contribution in [1.82, 2.24) is 5.32 Å². The van der Waals surface area contributed by atoms with Gasteiger partial charge in [-0.3, -0.25) is 9.59 Å². The van der Waals surface area contributed by atoms with Crippen molar-refractivity contribution in [1.29, 1.82) is 0 Å². The van der Waals surface area contributed by atoms with Crippen LogP contribution < -0.4 is 5.32 Å². The second-order valence-electron chi connectivity index (χ2n) is 4.43. The molecule has 1 aliphatic carbocycles. The van der Waals surface area contributed by atoms with Crippen LogP contribution in [0.15, 0.2) is 30.3 Å². The van der Waals surface area contributed by atoms with Gasteiger partial charge in [0, 0.05) is 0 Å². The predicted molar refractivity (Wildman–Crippen MR) is 62.2 cm³/mol. The molecule has 1 fully saturated rings. The lowest BCUT2D eigenvalue weighted by molar-refractivity contribution is -0.140. The van der Waals surface area contributed by atoms with Crippen molar-refractivity contribution in [2.45, 2.75) is 19.4 Å². The molecule has 0 spiro atoms. The highest BCUT2D eigenvalue weighted by Crippen LogP contribution is 2.39. The van der Waals surface area contributed by atoms with Crippen LogP contribution in [0.5, 0.6) is 0 Å². The zero-order valence-corrected chi connectivity index (χ0v) is 9.59. The summed E-state index contributed by atoms with van der Waals surface area (Å²) in [5.41, 5.74) is 1.02. The van der Waals surface area contributed by atoms with Crippen molar-refractivity contribution >= 4 is 11.9 Å². The number of benzene rings is 1. The normalized spacial score (nSPS) is 23.8. The summed E-state index contributed by atoms with van der Waals surface area (Å²) in [6.07, 6.45) is 0.461. The maximum absolute atomic E-state index is 11.7. The van der Waals surface area contributed by atoms with Crippen molar-refractivity contribution in [2.24, 2.45) is 11.8 Å². The number of carbonyl (C=O) groups excluding carboxylic acids is 1. The molecular formula is C13H15NO3. The van der Waals surface area contributed by atoms with Crippen molar-refractivity contribution < 1.29 is 14.7 Å². The third-order valence-corrected chi connectivity index (χ3v) is 3.10. The number of carboxylic acids is 1. The lowest BCUT2D eigenvalue weighted by Gasteiger charge is -2.13. The van der Waals surface area contributed by atoms with Crippen LogP contribution in [-0.2, 0) is 9.59 Å². The summed E-state index contributed by atoms with van der Waals surface area (Å²) in [6, 6.07) is 9.53. The number of aliphatic carboxylic acids is 1. The Balaban J connectivity index is 1.90. The smallest absolute Gasteiger partial charge is 0.307 e. The average molecular weight is 233 g/mol. The summed E-state index contributed by atoms with van der Waals surface area (Å²) in [5, 5.41) is 11.6. The van der Waals surface area contributed by atoms with Crippen LogP contribution in [0.3, 0.4) is 0 Å². The van der Waals surface area contributed by atoms with Gasteiger partial charge in [0.05, 0.1) is 17.9 Å². The third-order valence-electron chi connectivity index (χ3n) is 3.10. The highest BCUT2D eigenvalue weighted by Gasteiger charge is 2.48. The van der Waals surface area contributed by atoms with Gasteiger partial charge in [0.15, 0.2) is 0 Å². The van der Waals surface area contributed by atoms with Crippen LogP contribution >= 0.6 is 0 Å². The van der Waals surface area contributed by atoms with E-state index in [4.69, 9.17) is 5.11 Å². The van der Waals surface area contributed by atoms with Gasteiger partial charge < -0.3 is 10.4 Å². The Morgan fingerprint density at radius 2 is 1.94 bits per heavy atom. The van der Waals surface area contributed by atoms with Crippen LogP contribution in [0.25, 0.3) is 0 Å². The molecule has 2 N–H and O–H groups in total. The number of nitrogens with one attached hydrogen (secondary N) is 1. The highest BCUT2D eigenvalue weighted by atomic mass is 16.4. The SMILES string of the molecule is C[C@@H](NC(=O)C1CC1C(=O)O)c1ccccc1. The summed E-state index contributed by atoms with van der Waals surface area (Å²) in [5.74, 6) is -1.87. The number of hydrogen-bond donors (Lipinski definition) is 2. The summed E-state index contributed by atoms with van der Waals surface area (Å²) in [7, 11) is 0. The first kappa shape index (κ1) is 11.6. The standard InChI is InChI=1S/C13H15NO3/c1-8(9-5-3-2-4-6-9)14-12(15)10-7-11(10)13(16)17/h2-6,8,10-11H,7H2,1H3,(H,14,15)(H,16,17)/t8-,10?,11?/m1/s1. The summed E-state index contributed by atoms with van der Waals surface area (Å²) in [6.45, 7) is 1.89. The molecule has 0 heterocycles. The molecule has 1 aromatic rings. The quantitative estimate of drug-likeness (QED) is 0.829. The van der Waals surface area contributed by atoms with Gasteiger partial charge in [0.25, 0.3) is 0 Å². The van der Waals surface area contributed by atoms with Crippen LogP contribution in [0.1, 0.15) is 24.9 Å². The molecule has 0 radical (unpaired) electrons. The zero-order valence-electron chi connectivity index (χ0n) is 9.59. The molecule has 2 unspecified atom stereocenters. The second kappa shape index (κ2) is 4.57. The fourth-order valence-electron chi connectivity index (χ4n) is 1.90. The Morgan fingerprint density at radius 1 is 1.29 bits per heavy atom. The number of amides is 1. The molecular weight excluding hydrogens is 218 g/mol. The van der Waals surface area contributed by atoms with E-state index in [1.54, 1.807) is 0 Å². The Morgan fingerprint density at radius 3 is 2.47 bits per heavy atom. The van der Waals surface area contributed by atoms with E-state index in [2.05, 4.69) is 5.32 Å². The first-order valence-corrected chi connectivity index (χ1v) is 5.67. The highest BCUT2D eigenvalue weighted by molar-refractivity contribution is 5.89. The number of rotatable bonds is 4. The summed E-state index contributed by atoms with van der Waals surface area (Å²) >= 11 is 0. The largest absolute Gasteiger partial charge is 0.481 e. The Labute approximate surface area is 99.6 Å². The topological polar surface area (TPSA) is 66.4 Å². The Bertz CT molecular complexity index is 430. The molecule has 90 valence electrons. The van der Waals surface area contributed by atoms with Gasteiger partial charge in [-0.25, -0.2) is 0 Å². The van der Waals surface area contributed by atoms with E-state index in [1.807, 2.05) is 37.3 Å². The third kappa shape index (κ3) is 2.64. The van der Waals surface area contributed by atoms with Crippen molar-refractivity contribution in [3.05, 3.63) is 35.9 Å². The zero-order chi connectivity index (χ0) is 12.4. The molecule has 3 atom stereocenters. The molecule has 4 heteroatoms. The van der Waals surface area contributed by atoms with Gasteiger partial charge in [-0.15, -0.1) is 0 Å². The number of carbonyl (C=O) groups is 2. The monoisotopic (exact) mass is 233 g/mol. The van der Waals surface area contributed by atoms with E-state index in [-0.39, 0.29) is 17.9 Å². The molecule has 0 aromatic heterocycles. The lowest BCUT2D eigenvalue weighted by atomic mass is 10.1. The van der Waals surface area contributed by atoms with Crippen molar-refractivity contribution in [3.63, 3.8) is 0 Å². The predicted octanol–water partition coefficient (Wildman–Crippen LogP) is 1.58. The summed E-state index contributed by atoms with van der Waals surface area (Å²) in [4.78, 5) is 22.4. The van der Waals surface area contributed by atoms with Crippen LogP contribution in [0, 0.1) is 11.8 Å². The minimum absolute atomic E-state index is 0.0845. The maximum Gasteiger partial charge on any atom is 0.307 e. The first-order chi connectivity index (χ1) is 8.09. The average Bonchev–Trinajstić information content (AvgIpc) is 3.10. The molecule has 1 saturated carbocycles. The van der Waals surface area contributed by atoms with Crippen LogP contribution in [-0.4, -0.2) is 17.0 Å². The minimum Gasteiger partial charge on any atom is -0.481 e. The van der Waals surface area contributed by atoms with E-state index in [0.717, 1.165) is 5.56 Å². The van der Waals surface area contributed by atoms with Crippen molar-refractivity contribution in [3.8, 4) is 0 Å². The Hall–Kier alpha value is -1.84. The van der Waals surface area contributed by atoms with Crippen LogP contribution in [0.4, 0.5) is 0 Å². The second-order valence-corrected chi connectivity index (χ2v) is 4.43. The van der Waals surface area contributed by atoms with Gasteiger partial charge in [-0.2, -0.15) is 0 Å². The van der Waals surface area contributed by atoms with E-state index in [0.29, 0.717) is 6.42 Å². The molecule has 4 nitrogen and oxygen atoms in total. The molecule has 1 aromatic carbocycles. The van der Waals surface area contributed by atoms with E-state index >= 15 is 0 Å². The van der Waals surface area contributed by atoms with Crippen LogP contribution in [0.2, 0.25) is 0 Å². The van der Waals surface area contributed by atoms with Gasteiger partial charge in [0.2, 0.25) is 5.91 Å². The molecule has 1 amide bonds. The van der Waals surface area contributed by atoms with Gasteiger partial charge >= 0.3 is 5.97 Å². The van der Waals surface area contributed by atoms with E-state index in [1.165, 1.54) is 0 Å². The fraction of sp³-hybridized carbons (Fsp3) is 0.385. The Kier molecular flexibility index (Phi) is 3.13. The number of hydrogen-bond acceptors (Lipinski definition) is 2. The molecule has 0 bridgehead atoms. The molecule has 2 rings (SSSR count).